The van der Waals surface area contributed by atoms with E-state index in [-0.39, 0.29) is 24.7 Å². The molecule has 0 spiro atoms. The number of carbonyl (C=O) groups excluding carboxylic acids is 3. The first kappa shape index (κ1) is 32.3. The number of nitro benzene ring substituents is 1. The number of hydrogen-bond donors (Lipinski definition) is 0. The highest BCUT2D eigenvalue weighted by molar-refractivity contribution is 5.85. The molecule has 2 heterocycles. The third-order valence-corrected chi connectivity index (χ3v) is 7.68. The van der Waals surface area contributed by atoms with Crippen LogP contribution in [-0.4, -0.2) is 70.3 Å². The van der Waals surface area contributed by atoms with Gasteiger partial charge >= 0.3 is 12.1 Å². The van der Waals surface area contributed by atoms with Crippen molar-refractivity contribution >= 4 is 23.7 Å². The van der Waals surface area contributed by atoms with Gasteiger partial charge in [0.25, 0.3) is 5.69 Å². The largest absolute Gasteiger partial charge is 0.447 e. The molecule has 1 aromatic rings. The van der Waals surface area contributed by atoms with Gasteiger partial charge in [-0.2, -0.15) is 0 Å². The van der Waals surface area contributed by atoms with E-state index in [1.165, 1.54) is 44.2 Å². The summed E-state index contributed by atoms with van der Waals surface area (Å²) in [6.45, 7) is 3.97. The Morgan fingerprint density at radius 2 is 1.66 bits per heavy atom. The summed E-state index contributed by atoms with van der Waals surface area (Å²) >= 11 is 0. The molecule has 2 aliphatic heterocycles. The number of hydrogen-bond acceptors (Lipinski definition) is 8. The number of fused-ring (bicyclic) bond motifs is 1. The molecule has 1 atom stereocenters. The maximum atomic E-state index is 13.3. The first-order valence-electron chi connectivity index (χ1n) is 15.4. The van der Waals surface area contributed by atoms with Crippen LogP contribution in [0.15, 0.2) is 24.3 Å². The molecule has 2 amide bonds. The Morgan fingerprint density at radius 3 is 2.37 bits per heavy atom. The summed E-state index contributed by atoms with van der Waals surface area (Å²) in [6, 6.07) is 5.47. The lowest BCUT2D eigenvalue weighted by atomic mass is 10.1. The summed E-state index contributed by atoms with van der Waals surface area (Å²) < 4.78 is 5.47. The van der Waals surface area contributed by atoms with Crippen molar-refractivity contribution in [3.8, 4) is 0 Å². The topological polar surface area (TPSA) is 123 Å². The summed E-state index contributed by atoms with van der Waals surface area (Å²) in [5, 5.41) is 15.4. The average Bonchev–Trinajstić information content (AvgIpc) is 3.17. The Bertz CT molecular complexity index is 988. The van der Waals surface area contributed by atoms with Gasteiger partial charge in [-0.3, -0.25) is 19.9 Å². The molecule has 2 saturated heterocycles. The smallest absolute Gasteiger partial charge is 0.443 e. The van der Waals surface area contributed by atoms with Crippen molar-refractivity contribution in [2.75, 3.05) is 26.2 Å². The molecule has 2 fully saturated rings. The number of aryl methyl sites for hydroxylation is 1. The summed E-state index contributed by atoms with van der Waals surface area (Å²) in [7, 11) is 0. The van der Waals surface area contributed by atoms with Crippen molar-refractivity contribution in [3.63, 3.8) is 0 Å². The predicted octanol–water partition coefficient (Wildman–Crippen LogP) is 5.96. The Morgan fingerprint density at radius 1 is 0.976 bits per heavy atom. The molecule has 2 aliphatic rings. The first-order valence-corrected chi connectivity index (χ1v) is 15.4. The van der Waals surface area contributed by atoms with E-state index in [1.54, 1.807) is 17.1 Å². The summed E-state index contributed by atoms with van der Waals surface area (Å²) in [5.74, 6) is -0.726. The number of hydroxylamine groups is 2. The molecule has 0 radical (unpaired) electrons. The van der Waals surface area contributed by atoms with Crippen molar-refractivity contribution < 1.29 is 28.9 Å². The number of ether oxygens (including phenoxy) is 1. The van der Waals surface area contributed by atoms with Gasteiger partial charge in [-0.25, -0.2) is 14.6 Å². The number of nitro groups is 1. The lowest BCUT2D eigenvalue weighted by molar-refractivity contribution is -0.384. The second-order valence-corrected chi connectivity index (χ2v) is 10.9. The highest BCUT2D eigenvalue weighted by atomic mass is 16.8. The highest BCUT2D eigenvalue weighted by Crippen LogP contribution is 2.25. The fourth-order valence-electron chi connectivity index (χ4n) is 5.37. The van der Waals surface area contributed by atoms with Crippen LogP contribution in [0.1, 0.15) is 102 Å². The quantitative estimate of drug-likeness (QED) is 0.143. The van der Waals surface area contributed by atoms with Crippen molar-refractivity contribution in [3.05, 3.63) is 39.9 Å². The second kappa shape index (κ2) is 17.6. The number of hydrazine groups is 1. The van der Waals surface area contributed by atoms with Gasteiger partial charge in [-0.05, 0) is 50.5 Å². The van der Waals surface area contributed by atoms with E-state index in [2.05, 4.69) is 6.92 Å². The number of carbonyl (C=O) groups is 3. The molecular weight excluding hydrogens is 528 g/mol. The number of nitrogens with zero attached hydrogens (tertiary/aromatic N) is 4. The minimum absolute atomic E-state index is 0.0124. The van der Waals surface area contributed by atoms with E-state index in [4.69, 9.17) is 9.57 Å². The SMILES string of the molecule is CCCCCCCCCCOC(=O)N(CCCc1ccc([N+](=O)[O-])cc1)OC(=O)[C@@H]1CCCN2CCCCC(=O)N12. The molecule has 11 nitrogen and oxygen atoms in total. The Hall–Kier alpha value is -3.21. The van der Waals surface area contributed by atoms with Gasteiger partial charge in [0.05, 0.1) is 18.1 Å². The van der Waals surface area contributed by atoms with Crippen molar-refractivity contribution in [2.45, 2.75) is 109 Å². The average molecular weight is 575 g/mol. The second-order valence-electron chi connectivity index (χ2n) is 10.9. The number of amides is 2. The van der Waals surface area contributed by atoms with Crippen LogP contribution < -0.4 is 0 Å². The molecular formula is C30H46N4O7. The number of unbranched alkanes of at least 4 members (excludes halogenated alkanes) is 7. The maximum absolute atomic E-state index is 13.3. The zero-order chi connectivity index (χ0) is 29.5. The summed E-state index contributed by atoms with van der Waals surface area (Å²) in [6.07, 6.45) is 12.5. The van der Waals surface area contributed by atoms with Crippen LogP contribution in [0.2, 0.25) is 0 Å². The van der Waals surface area contributed by atoms with E-state index in [1.807, 2.05) is 5.01 Å². The van der Waals surface area contributed by atoms with E-state index in [0.29, 0.717) is 25.7 Å². The monoisotopic (exact) mass is 574 g/mol. The highest BCUT2D eigenvalue weighted by Gasteiger charge is 2.40. The van der Waals surface area contributed by atoms with E-state index in [0.717, 1.165) is 62.2 Å². The van der Waals surface area contributed by atoms with Crippen LogP contribution >= 0.6 is 0 Å². The Labute approximate surface area is 243 Å². The molecule has 228 valence electrons. The zero-order valence-corrected chi connectivity index (χ0v) is 24.5. The van der Waals surface area contributed by atoms with Gasteiger partial charge in [0, 0.05) is 31.6 Å². The van der Waals surface area contributed by atoms with Crippen LogP contribution in [-0.2, 0) is 25.6 Å². The van der Waals surface area contributed by atoms with Crippen LogP contribution in [0, 0.1) is 10.1 Å². The minimum atomic E-state index is -0.771. The standard InChI is InChI=1S/C30H46N4O7/c1-2-3-4-5-6-7-8-11-24-40-30(37)32(23-12-14-25-17-19-26(20-18-25)34(38)39)41-29(36)27-15-13-22-31-21-10-9-16-28(35)33(27)31/h17-20,27H,2-16,21-24H2,1H3/t27-/m0/s1. The fourth-order valence-corrected chi connectivity index (χ4v) is 5.37. The van der Waals surface area contributed by atoms with Crippen molar-refractivity contribution in [2.24, 2.45) is 0 Å². The maximum Gasteiger partial charge on any atom is 0.443 e. The molecule has 0 N–H and O–H groups in total. The van der Waals surface area contributed by atoms with Gasteiger partial charge in [0.15, 0.2) is 0 Å². The van der Waals surface area contributed by atoms with Crippen LogP contribution in [0.5, 0.6) is 0 Å². The van der Waals surface area contributed by atoms with Crippen molar-refractivity contribution in [1.29, 1.82) is 0 Å². The third-order valence-electron chi connectivity index (χ3n) is 7.68. The molecule has 0 aliphatic carbocycles. The van der Waals surface area contributed by atoms with E-state index < -0.39 is 23.0 Å². The number of benzene rings is 1. The normalized spacial score (nSPS) is 17.4. The zero-order valence-electron chi connectivity index (χ0n) is 24.5. The van der Waals surface area contributed by atoms with Gasteiger partial charge in [0.1, 0.15) is 6.04 Å². The van der Waals surface area contributed by atoms with E-state index in [9.17, 15) is 24.5 Å². The van der Waals surface area contributed by atoms with Crippen LogP contribution in [0.4, 0.5) is 10.5 Å². The molecule has 3 rings (SSSR count). The molecule has 1 aromatic carbocycles. The van der Waals surface area contributed by atoms with Crippen LogP contribution in [0.25, 0.3) is 0 Å². The fraction of sp³-hybridized carbons (Fsp3) is 0.700. The van der Waals surface area contributed by atoms with Gasteiger partial charge in [-0.15, -0.1) is 5.06 Å². The number of rotatable bonds is 15. The van der Waals surface area contributed by atoms with Crippen molar-refractivity contribution in [1.82, 2.24) is 15.1 Å². The molecule has 11 heteroatoms. The predicted molar refractivity (Wildman–Crippen MR) is 153 cm³/mol. The van der Waals surface area contributed by atoms with Gasteiger partial charge in [0.2, 0.25) is 5.91 Å². The summed E-state index contributed by atoms with van der Waals surface area (Å²) in [4.78, 5) is 55.2. The summed E-state index contributed by atoms with van der Waals surface area (Å²) in [5.41, 5.74) is 0.880. The Balaban J connectivity index is 1.55. The van der Waals surface area contributed by atoms with Gasteiger partial charge < -0.3 is 9.57 Å². The molecule has 0 saturated carbocycles. The minimum Gasteiger partial charge on any atom is -0.447 e. The molecule has 41 heavy (non-hydrogen) atoms. The molecule has 0 aromatic heterocycles. The lowest BCUT2D eigenvalue weighted by Gasteiger charge is -2.42. The molecule has 0 unspecified atom stereocenters. The first-order chi connectivity index (χ1) is 19.9. The third kappa shape index (κ3) is 10.6. The van der Waals surface area contributed by atoms with E-state index >= 15 is 0 Å². The van der Waals surface area contributed by atoms with Gasteiger partial charge in [-0.1, -0.05) is 64.0 Å². The lowest BCUT2D eigenvalue weighted by Crippen LogP contribution is -2.58. The Kier molecular flexibility index (Phi) is 13.8. The van der Waals surface area contributed by atoms with Crippen LogP contribution in [0.3, 0.4) is 0 Å². The molecule has 0 bridgehead atoms. The number of non-ortho nitro benzene ring substituents is 1.